The van der Waals surface area contributed by atoms with Crippen LogP contribution < -0.4 is 5.32 Å². The first kappa shape index (κ1) is 16.7. The predicted molar refractivity (Wildman–Crippen MR) is 83.6 cm³/mol. The molecule has 6 heteroatoms. The highest BCUT2D eigenvalue weighted by atomic mass is 32.2. The van der Waals surface area contributed by atoms with Crippen LogP contribution in [-0.4, -0.2) is 49.0 Å². The van der Waals surface area contributed by atoms with Gasteiger partial charge in [0.25, 0.3) is 0 Å². The van der Waals surface area contributed by atoms with Crippen molar-refractivity contribution in [1.29, 1.82) is 0 Å². The highest BCUT2D eigenvalue weighted by molar-refractivity contribution is 7.91. The van der Waals surface area contributed by atoms with Crippen LogP contribution in [0.2, 0.25) is 0 Å². The van der Waals surface area contributed by atoms with E-state index in [1.165, 1.54) is 12.8 Å². The van der Waals surface area contributed by atoms with Gasteiger partial charge in [0.05, 0.1) is 17.5 Å². The van der Waals surface area contributed by atoms with Crippen molar-refractivity contribution in [2.75, 3.05) is 18.1 Å². The summed E-state index contributed by atoms with van der Waals surface area (Å²) in [5, 5.41) is 3.49. The lowest BCUT2D eigenvalue weighted by molar-refractivity contribution is -0.133. The van der Waals surface area contributed by atoms with Gasteiger partial charge in [0.1, 0.15) is 0 Å². The molecule has 1 heterocycles. The lowest BCUT2D eigenvalue weighted by Crippen LogP contribution is -2.45. The maximum absolute atomic E-state index is 12.7. The molecule has 21 heavy (non-hydrogen) atoms. The van der Waals surface area contributed by atoms with Crippen LogP contribution in [-0.2, 0) is 14.6 Å². The summed E-state index contributed by atoms with van der Waals surface area (Å²) in [4.78, 5) is 14.5. The molecule has 1 amide bonds. The van der Waals surface area contributed by atoms with Crippen LogP contribution in [0.5, 0.6) is 0 Å². The highest BCUT2D eigenvalue weighted by Crippen LogP contribution is 2.35. The summed E-state index contributed by atoms with van der Waals surface area (Å²) >= 11 is 0. The number of nitrogens with zero attached hydrogens (tertiary/aromatic N) is 1. The second-order valence-corrected chi connectivity index (χ2v) is 9.03. The zero-order valence-electron chi connectivity index (χ0n) is 13.4. The first-order valence-corrected chi connectivity index (χ1v) is 9.94. The number of sulfone groups is 1. The number of nitrogens with one attached hydrogen (secondary N) is 1. The third kappa shape index (κ3) is 3.42. The Hall–Kier alpha value is -0.620. The minimum atomic E-state index is -3.04. The van der Waals surface area contributed by atoms with Gasteiger partial charge >= 0.3 is 0 Å². The molecule has 0 bridgehead atoms. The van der Waals surface area contributed by atoms with Gasteiger partial charge in [0, 0.05) is 12.3 Å². The van der Waals surface area contributed by atoms with Crippen LogP contribution in [0.1, 0.15) is 52.9 Å². The quantitative estimate of drug-likeness (QED) is 0.807. The predicted octanol–water partition coefficient (Wildman–Crippen LogP) is 1.54. The second-order valence-electron chi connectivity index (χ2n) is 6.55. The lowest BCUT2D eigenvalue weighted by atomic mass is 9.99. The van der Waals surface area contributed by atoms with Gasteiger partial charge in [-0.1, -0.05) is 26.7 Å². The summed E-state index contributed by atoms with van der Waals surface area (Å²) in [6, 6.07) is 0. The Morgan fingerprint density at radius 1 is 1.29 bits per heavy atom. The molecule has 0 spiro atoms. The molecule has 2 rings (SSSR count). The zero-order valence-corrected chi connectivity index (χ0v) is 14.2. The number of rotatable bonds is 6. The van der Waals surface area contributed by atoms with E-state index in [0.717, 1.165) is 19.3 Å². The molecule has 1 saturated carbocycles. The van der Waals surface area contributed by atoms with E-state index in [-0.39, 0.29) is 23.6 Å². The van der Waals surface area contributed by atoms with Crippen molar-refractivity contribution >= 4 is 15.7 Å². The van der Waals surface area contributed by atoms with Gasteiger partial charge < -0.3 is 4.90 Å². The van der Waals surface area contributed by atoms with Gasteiger partial charge in [-0.15, -0.1) is 0 Å². The fourth-order valence-corrected chi connectivity index (χ4v) is 4.19. The maximum atomic E-state index is 12.7. The zero-order chi connectivity index (χ0) is 15.7. The van der Waals surface area contributed by atoms with E-state index in [1.54, 1.807) is 11.8 Å². The summed E-state index contributed by atoms with van der Waals surface area (Å²) < 4.78 is 23.5. The van der Waals surface area contributed by atoms with Crippen molar-refractivity contribution in [3.8, 4) is 0 Å². The second kappa shape index (κ2) is 6.24. The van der Waals surface area contributed by atoms with Crippen LogP contribution >= 0.6 is 0 Å². The molecule has 2 fully saturated rings. The lowest BCUT2D eigenvalue weighted by Gasteiger charge is -2.28. The van der Waals surface area contributed by atoms with E-state index in [2.05, 4.69) is 5.32 Å². The van der Waals surface area contributed by atoms with Crippen molar-refractivity contribution < 1.29 is 13.2 Å². The number of amides is 1. The molecule has 1 aliphatic heterocycles. The van der Waals surface area contributed by atoms with Crippen molar-refractivity contribution in [2.24, 2.45) is 5.92 Å². The largest absolute Gasteiger partial charge is 0.324 e. The third-order valence-electron chi connectivity index (χ3n) is 5.17. The van der Waals surface area contributed by atoms with Crippen LogP contribution in [0.3, 0.4) is 0 Å². The van der Waals surface area contributed by atoms with Gasteiger partial charge in [0.15, 0.2) is 9.84 Å². The Morgan fingerprint density at radius 2 is 1.90 bits per heavy atom. The fourth-order valence-electron chi connectivity index (χ4n) is 3.43. The number of carbonyl (C=O) groups is 1. The summed E-state index contributed by atoms with van der Waals surface area (Å²) in [5.74, 6) is 0.738. The Morgan fingerprint density at radius 3 is 2.43 bits per heavy atom. The molecule has 0 aromatic carbocycles. The summed E-state index contributed by atoms with van der Waals surface area (Å²) in [6.45, 7) is 5.91. The van der Waals surface area contributed by atoms with Crippen molar-refractivity contribution in [2.45, 2.75) is 64.6 Å². The monoisotopic (exact) mass is 316 g/mol. The standard InChI is InChI=1S/C15H28N2O3S/c1-4-15(3)14(18)17(10-11-21(19,20)5-2)13(16-15)12-8-6-7-9-12/h12-13,16H,4-11H2,1-3H3. The van der Waals surface area contributed by atoms with E-state index in [1.807, 2.05) is 13.8 Å². The maximum Gasteiger partial charge on any atom is 0.243 e. The van der Waals surface area contributed by atoms with Crippen LogP contribution in [0.25, 0.3) is 0 Å². The average Bonchev–Trinajstić information content (AvgIpc) is 3.06. The number of hydrogen-bond acceptors (Lipinski definition) is 4. The van der Waals surface area contributed by atoms with Gasteiger partial charge in [-0.2, -0.15) is 0 Å². The SMILES string of the molecule is CCC1(C)NC(C2CCCC2)N(CCS(=O)(=O)CC)C1=O. The molecule has 2 atom stereocenters. The van der Waals surface area contributed by atoms with E-state index in [0.29, 0.717) is 12.5 Å². The number of carbonyl (C=O) groups excluding carboxylic acids is 1. The van der Waals surface area contributed by atoms with Gasteiger partial charge in [-0.3, -0.25) is 10.1 Å². The molecule has 0 aromatic heterocycles. The van der Waals surface area contributed by atoms with E-state index in [4.69, 9.17) is 0 Å². The first-order chi connectivity index (χ1) is 9.83. The van der Waals surface area contributed by atoms with Gasteiger partial charge in [-0.25, -0.2) is 8.42 Å². The molecular weight excluding hydrogens is 288 g/mol. The molecule has 1 saturated heterocycles. The smallest absolute Gasteiger partial charge is 0.243 e. The Kier molecular flexibility index (Phi) is 4.98. The van der Waals surface area contributed by atoms with Crippen molar-refractivity contribution in [3.63, 3.8) is 0 Å². The molecule has 1 aliphatic carbocycles. The van der Waals surface area contributed by atoms with E-state index >= 15 is 0 Å². The topological polar surface area (TPSA) is 66.5 Å². The molecule has 2 unspecified atom stereocenters. The van der Waals surface area contributed by atoms with Gasteiger partial charge in [-0.05, 0) is 32.1 Å². The fraction of sp³-hybridized carbons (Fsp3) is 0.933. The summed E-state index contributed by atoms with van der Waals surface area (Å²) in [7, 11) is -3.04. The molecule has 2 aliphatic rings. The molecule has 1 N–H and O–H groups in total. The Balaban J connectivity index is 2.15. The normalized spacial score (nSPS) is 31.3. The Labute approximate surface area is 128 Å². The van der Waals surface area contributed by atoms with Gasteiger partial charge in [0.2, 0.25) is 5.91 Å². The minimum Gasteiger partial charge on any atom is -0.324 e. The van der Waals surface area contributed by atoms with E-state index < -0.39 is 15.4 Å². The van der Waals surface area contributed by atoms with Crippen LogP contribution in [0.15, 0.2) is 0 Å². The van der Waals surface area contributed by atoms with Crippen molar-refractivity contribution in [1.82, 2.24) is 10.2 Å². The van der Waals surface area contributed by atoms with Crippen LogP contribution in [0.4, 0.5) is 0 Å². The minimum absolute atomic E-state index is 0.0111. The van der Waals surface area contributed by atoms with Crippen LogP contribution in [0, 0.1) is 5.92 Å². The molecule has 122 valence electrons. The highest BCUT2D eigenvalue weighted by Gasteiger charge is 2.49. The molecular formula is C15H28N2O3S. The summed E-state index contributed by atoms with van der Waals surface area (Å²) in [5.41, 5.74) is -0.538. The molecule has 0 radical (unpaired) electrons. The third-order valence-corrected chi connectivity index (χ3v) is 6.86. The summed E-state index contributed by atoms with van der Waals surface area (Å²) in [6.07, 6.45) is 5.41. The van der Waals surface area contributed by atoms with E-state index in [9.17, 15) is 13.2 Å². The molecule has 5 nitrogen and oxygen atoms in total. The first-order valence-electron chi connectivity index (χ1n) is 8.12. The Bertz CT molecular complexity index is 485. The average molecular weight is 316 g/mol. The number of hydrogen-bond donors (Lipinski definition) is 1. The molecule has 0 aromatic rings. The van der Waals surface area contributed by atoms with Crippen molar-refractivity contribution in [3.05, 3.63) is 0 Å².